The maximum absolute atomic E-state index is 12.9. The maximum Gasteiger partial charge on any atom is 0.308 e. The topological polar surface area (TPSA) is 69.7 Å². The molecule has 0 aliphatic heterocycles. The maximum atomic E-state index is 12.9. The van der Waals surface area contributed by atoms with E-state index in [1.54, 1.807) is 0 Å². The smallest absolute Gasteiger partial charge is 0.308 e. The standard InChI is InChI=1S/C37H68O5/c1-5-9-11-13-15-16-18-23-30-41-37(40)31(8-4)25-20-19-21-26-32-33(28-29-34(32)38)35(42-36(39)24-7-3)27-22-17-14-12-10-6-2/h31-33,35H,5-30H2,1-4H3/t31?,32-,33+,35?/m0/s1. The van der Waals surface area contributed by atoms with Gasteiger partial charge in [-0.05, 0) is 51.4 Å². The lowest BCUT2D eigenvalue weighted by molar-refractivity contribution is -0.154. The van der Waals surface area contributed by atoms with Crippen LogP contribution in [0.3, 0.4) is 0 Å². The minimum absolute atomic E-state index is 0.0143. The number of ether oxygens (including phenoxy) is 2. The van der Waals surface area contributed by atoms with E-state index in [0.717, 1.165) is 77.0 Å². The average molecular weight is 593 g/mol. The quantitative estimate of drug-likeness (QED) is 0.0667. The highest BCUT2D eigenvalue weighted by Gasteiger charge is 2.40. The van der Waals surface area contributed by atoms with Crippen molar-refractivity contribution in [3.8, 4) is 0 Å². The molecule has 5 nitrogen and oxygen atoms in total. The zero-order valence-electron chi connectivity index (χ0n) is 28.2. The number of rotatable bonds is 28. The zero-order valence-corrected chi connectivity index (χ0v) is 28.2. The van der Waals surface area contributed by atoms with Crippen LogP contribution in [0, 0.1) is 17.8 Å². The summed E-state index contributed by atoms with van der Waals surface area (Å²) < 4.78 is 11.6. The molecule has 1 aliphatic rings. The third-order valence-electron chi connectivity index (χ3n) is 9.35. The number of esters is 2. The molecule has 0 aromatic heterocycles. The number of unbranched alkanes of at least 4 members (excludes halogenated alkanes) is 14. The molecule has 4 atom stereocenters. The van der Waals surface area contributed by atoms with Gasteiger partial charge in [0, 0.05) is 24.7 Å². The van der Waals surface area contributed by atoms with Gasteiger partial charge in [0.15, 0.2) is 0 Å². The lowest BCUT2D eigenvalue weighted by Gasteiger charge is -2.28. The van der Waals surface area contributed by atoms with Crippen LogP contribution in [0.2, 0.25) is 0 Å². The van der Waals surface area contributed by atoms with Gasteiger partial charge >= 0.3 is 11.9 Å². The first-order chi connectivity index (χ1) is 20.5. The number of hydrogen-bond donors (Lipinski definition) is 0. The van der Waals surface area contributed by atoms with Gasteiger partial charge in [0.25, 0.3) is 0 Å². The van der Waals surface area contributed by atoms with E-state index in [9.17, 15) is 14.4 Å². The second-order valence-corrected chi connectivity index (χ2v) is 13.0. The highest BCUT2D eigenvalue weighted by atomic mass is 16.5. The van der Waals surface area contributed by atoms with Gasteiger partial charge in [0.1, 0.15) is 11.9 Å². The van der Waals surface area contributed by atoms with Crippen LogP contribution in [0.1, 0.15) is 188 Å². The Balaban J connectivity index is 2.39. The summed E-state index contributed by atoms with van der Waals surface area (Å²) >= 11 is 0. The van der Waals surface area contributed by atoms with Gasteiger partial charge in [-0.3, -0.25) is 14.4 Å². The van der Waals surface area contributed by atoms with Crippen molar-refractivity contribution in [2.45, 2.75) is 194 Å². The number of hydrogen-bond acceptors (Lipinski definition) is 5. The van der Waals surface area contributed by atoms with Gasteiger partial charge < -0.3 is 9.47 Å². The molecule has 1 aliphatic carbocycles. The highest BCUT2D eigenvalue weighted by molar-refractivity contribution is 5.83. The number of carbonyl (C=O) groups excluding carboxylic acids is 3. The Bertz CT molecular complexity index is 690. The van der Waals surface area contributed by atoms with Gasteiger partial charge in [-0.25, -0.2) is 0 Å². The third-order valence-corrected chi connectivity index (χ3v) is 9.35. The Hall–Kier alpha value is -1.39. The molecule has 0 heterocycles. The molecule has 1 fully saturated rings. The van der Waals surface area contributed by atoms with Crippen LogP contribution in [-0.2, 0) is 23.9 Å². The second kappa shape index (κ2) is 26.1. The van der Waals surface area contributed by atoms with Crippen molar-refractivity contribution in [1.29, 1.82) is 0 Å². The number of ketones is 1. The van der Waals surface area contributed by atoms with Crippen molar-refractivity contribution in [3.05, 3.63) is 0 Å². The van der Waals surface area contributed by atoms with Gasteiger partial charge in [-0.1, -0.05) is 124 Å². The summed E-state index contributed by atoms with van der Waals surface area (Å²) in [6.45, 7) is 9.11. The molecule has 0 aromatic rings. The second-order valence-electron chi connectivity index (χ2n) is 13.0. The molecule has 0 N–H and O–H groups in total. The summed E-state index contributed by atoms with van der Waals surface area (Å²) in [5, 5.41) is 0. The van der Waals surface area contributed by atoms with Crippen molar-refractivity contribution < 1.29 is 23.9 Å². The van der Waals surface area contributed by atoms with Crippen LogP contribution < -0.4 is 0 Å². The Morgan fingerprint density at radius 1 is 0.714 bits per heavy atom. The molecule has 0 saturated heterocycles. The Labute approximate surface area is 260 Å². The fraction of sp³-hybridized carbons (Fsp3) is 0.919. The third kappa shape index (κ3) is 17.7. The molecule has 0 radical (unpaired) electrons. The van der Waals surface area contributed by atoms with Crippen LogP contribution in [0.5, 0.6) is 0 Å². The van der Waals surface area contributed by atoms with E-state index >= 15 is 0 Å². The molecule has 0 bridgehead atoms. The molecular weight excluding hydrogens is 524 g/mol. The van der Waals surface area contributed by atoms with Crippen LogP contribution in [0.25, 0.3) is 0 Å². The van der Waals surface area contributed by atoms with Crippen molar-refractivity contribution in [2.75, 3.05) is 6.61 Å². The fourth-order valence-electron chi connectivity index (χ4n) is 6.62. The Morgan fingerprint density at radius 3 is 1.90 bits per heavy atom. The minimum Gasteiger partial charge on any atom is -0.465 e. The first-order valence-electron chi connectivity index (χ1n) is 18.4. The van der Waals surface area contributed by atoms with E-state index < -0.39 is 0 Å². The van der Waals surface area contributed by atoms with E-state index in [1.165, 1.54) is 70.6 Å². The van der Waals surface area contributed by atoms with E-state index in [4.69, 9.17) is 9.47 Å². The van der Waals surface area contributed by atoms with Crippen LogP contribution in [0.15, 0.2) is 0 Å². The highest BCUT2D eigenvalue weighted by Crippen LogP contribution is 2.38. The molecule has 0 amide bonds. The molecule has 1 saturated carbocycles. The average Bonchev–Trinajstić information content (AvgIpc) is 3.35. The predicted octanol–water partition coefficient (Wildman–Crippen LogP) is 10.7. The number of Topliss-reactive ketones (excluding diaryl/α,β-unsaturated/α-hetero) is 1. The number of carbonyl (C=O) groups is 3. The van der Waals surface area contributed by atoms with Gasteiger partial charge in [-0.2, -0.15) is 0 Å². The van der Waals surface area contributed by atoms with Crippen molar-refractivity contribution >= 4 is 17.7 Å². The summed E-state index contributed by atoms with van der Waals surface area (Å²) in [7, 11) is 0. The lowest BCUT2D eigenvalue weighted by Crippen LogP contribution is -2.31. The molecule has 0 spiro atoms. The normalized spacial score (nSPS) is 18.2. The van der Waals surface area contributed by atoms with E-state index in [2.05, 4.69) is 20.8 Å². The molecule has 42 heavy (non-hydrogen) atoms. The molecule has 246 valence electrons. The summed E-state index contributed by atoms with van der Waals surface area (Å²) in [4.78, 5) is 37.9. The van der Waals surface area contributed by atoms with Crippen molar-refractivity contribution in [2.24, 2.45) is 17.8 Å². The molecular formula is C37H68O5. The van der Waals surface area contributed by atoms with Crippen LogP contribution in [-0.4, -0.2) is 30.4 Å². The SMILES string of the molecule is CCCCCCCCCCOC(=O)C(CC)CCCCC[C@@H]1C(=O)CC[C@H]1C(CCCCCCCC)OC(=O)CCC. The van der Waals surface area contributed by atoms with Gasteiger partial charge in [-0.15, -0.1) is 0 Å². The van der Waals surface area contributed by atoms with E-state index in [0.29, 0.717) is 25.2 Å². The zero-order chi connectivity index (χ0) is 30.8. The van der Waals surface area contributed by atoms with Gasteiger partial charge in [0.2, 0.25) is 0 Å². The van der Waals surface area contributed by atoms with Gasteiger partial charge in [0.05, 0.1) is 12.5 Å². The molecule has 0 aromatic carbocycles. The molecule has 2 unspecified atom stereocenters. The monoisotopic (exact) mass is 593 g/mol. The summed E-state index contributed by atoms with van der Waals surface area (Å²) in [6, 6.07) is 0. The largest absolute Gasteiger partial charge is 0.465 e. The molecule has 5 heteroatoms. The lowest BCUT2D eigenvalue weighted by atomic mass is 9.84. The first-order valence-corrected chi connectivity index (χ1v) is 18.4. The fourth-order valence-corrected chi connectivity index (χ4v) is 6.62. The van der Waals surface area contributed by atoms with Crippen LogP contribution >= 0.6 is 0 Å². The Kier molecular flexibility index (Phi) is 24.0. The summed E-state index contributed by atoms with van der Waals surface area (Å²) in [5.41, 5.74) is 0. The minimum atomic E-state index is -0.119. The van der Waals surface area contributed by atoms with Crippen molar-refractivity contribution in [3.63, 3.8) is 0 Å². The van der Waals surface area contributed by atoms with E-state index in [1.807, 2.05) is 6.92 Å². The molecule has 1 rings (SSSR count). The summed E-state index contributed by atoms with van der Waals surface area (Å²) in [6.07, 6.45) is 26.3. The first kappa shape index (κ1) is 38.6. The van der Waals surface area contributed by atoms with Crippen molar-refractivity contribution in [1.82, 2.24) is 0 Å². The Morgan fingerprint density at radius 2 is 1.29 bits per heavy atom. The van der Waals surface area contributed by atoms with E-state index in [-0.39, 0.29) is 35.8 Å². The van der Waals surface area contributed by atoms with Crippen LogP contribution in [0.4, 0.5) is 0 Å². The summed E-state index contributed by atoms with van der Waals surface area (Å²) in [5.74, 6) is 0.395. The predicted molar refractivity (Wildman–Crippen MR) is 174 cm³/mol.